The van der Waals surface area contributed by atoms with E-state index in [2.05, 4.69) is 13.8 Å². The molecule has 0 spiro atoms. The second-order valence-corrected chi connectivity index (χ2v) is 8.30. The van der Waals surface area contributed by atoms with Crippen molar-refractivity contribution >= 4 is 28.8 Å². The second-order valence-electron chi connectivity index (χ2n) is 6.78. The largest absolute Gasteiger partial charge is 0.337 e. The summed E-state index contributed by atoms with van der Waals surface area (Å²) in [6, 6.07) is 11.8. The third kappa shape index (κ3) is 3.44. The van der Waals surface area contributed by atoms with Gasteiger partial charge >= 0.3 is 0 Å². The highest BCUT2D eigenvalue weighted by molar-refractivity contribution is 7.17. The van der Waals surface area contributed by atoms with Gasteiger partial charge in [0.15, 0.2) is 0 Å². The van der Waals surface area contributed by atoms with Gasteiger partial charge in [-0.3, -0.25) is 4.79 Å². The lowest BCUT2D eigenvalue weighted by Crippen LogP contribution is -2.53. The van der Waals surface area contributed by atoms with E-state index in [0.29, 0.717) is 11.6 Å². The average molecular weight is 349 g/mol. The van der Waals surface area contributed by atoms with Gasteiger partial charge in [-0.2, -0.15) is 0 Å². The number of benzene rings is 1. The van der Waals surface area contributed by atoms with E-state index < -0.39 is 0 Å². The van der Waals surface area contributed by atoms with Crippen molar-refractivity contribution in [2.24, 2.45) is 11.1 Å². The quantitative estimate of drug-likeness (QED) is 0.881. The molecular formula is C18H21ClN2OS. The molecule has 1 aromatic heterocycles. The first-order valence-corrected chi connectivity index (χ1v) is 8.97. The summed E-state index contributed by atoms with van der Waals surface area (Å²) in [5, 5.41) is 0.716. The van der Waals surface area contributed by atoms with E-state index in [-0.39, 0.29) is 17.4 Å². The number of nitrogens with two attached hydrogens (primary N) is 1. The van der Waals surface area contributed by atoms with Crippen LogP contribution in [-0.4, -0.2) is 29.9 Å². The molecule has 0 radical (unpaired) electrons. The molecule has 2 heterocycles. The van der Waals surface area contributed by atoms with Gasteiger partial charge in [0.1, 0.15) is 0 Å². The normalized spacial score (nSPS) is 20.5. The van der Waals surface area contributed by atoms with Gasteiger partial charge < -0.3 is 10.6 Å². The molecule has 122 valence electrons. The fourth-order valence-corrected chi connectivity index (χ4v) is 4.03. The molecule has 1 fully saturated rings. The number of piperidine rings is 1. The van der Waals surface area contributed by atoms with Gasteiger partial charge in [0, 0.05) is 29.0 Å². The smallest absolute Gasteiger partial charge is 0.263 e. The number of carbonyl (C=O) groups excluding carboxylic acids is 1. The highest BCUT2D eigenvalue weighted by Crippen LogP contribution is 2.32. The van der Waals surface area contributed by atoms with Crippen LogP contribution < -0.4 is 5.73 Å². The van der Waals surface area contributed by atoms with Crippen molar-refractivity contribution in [3.63, 3.8) is 0 Å². The minimum atomic E-state index is -0.0375. The minimum absolute atomic E-state index is 0.0375. The number of carbonyl (C=O) groups is 1. The van der Waals surface area contributed by atoms with Crippen molar-refractivity contribution in [2.45, 2.75) is 26.3 Å². The molecule has 0 bridgehead atoms. The molecule has 1 aliphatic heterocycles. The van der Waals surface area contributed by atoms with Crippen molar-refractivity contribution in [2.75, 3.05) is 13.1 Å². The third-order valence-corrected chi connectivity index (χ3v) is 5.92. The van der Waals surface area contributed by atoms with E-state index >= 15 is 0 Å². The molecule has 1 amide bonds. The van der Waals surface area contributed by atoms with Crippen molar-refractivity contribution in [1.82, 2.24) is 4.90 Å². The molecule has 1 aromatic carbocycles. The molecule has 3 rings (SSSR count). The Labute approximate surface area is 146 Å². The Morgan fingerprint density at radius 1 is 1.26 bits per heavy atom. The summed E-state index contributed by atoms with van der Waals surface area (Å²) < 4.78 is 0. The highest BCUT2D eigenvalue weighted by atomic mass is 35.5. The molecule has 1 unspecified atom stereocenters. The molecule has 3 nitrogen and oxygen atoms in total. The summed E-state index contributed by atoms with van der Waals surface area (Å²) in [5.74, 6) is 0.107. The maximum absolute atomic E-state index is 12.8. The highest BCUT2D eigenvalue weighted by Gasteiger charge is 2.35. The van der Waals surface area contributed by atoms with Gasteiger partial charge in [-0.25, -0.2) is 0 Å². The summed E-state index contributed by atoms with van der Waals surface area (Å²) >= 11 is 7.46. The fourth-order valence-electron chi connectivity index (χ4n) is 2.93. The number of thiophene rings is 1. The average Bonchev–Trinajstić information content (AvgIpc) is 3.00. The Bertz CT molecular complexity index is 708. The number of amides is 1. The summed E-state index contributed by atoms with van der Waals surface area (Å²) in [7, 11) is 0. The van der Waals surface area contributed by atoms with Crippen LogP contribution in [0.3, 0.4) is 0 Å². The lowest BCUT2D eigenvalue weighted by atomic mass is 9.79. The molecule has 2 aromatic rings. The van der Waals surface area contributed by atoms with Crippen molar-refractivity contribution in [3.05, 3.63) is 46.3 Å². The van der Waals surface area contributed by atoms with E-state index in [1.165, 1.54) is 11.3 Å². The fraction of sp³-hybridized carbons (Fsp3) is 0.389. The van der Waals surface area contributed by atoms with Gasteiger partial charge in [0.25, 0.3) is 5.91 Å². The van der Waals surface area contributed by atoms with Crippen LogP contribution in [0.25, 0.3) is 10.4 Å². The molecule has 1 saturated heterocycles. The molecule has 1 aliphatic rings. The Kier molecular flexibility index (Phi) is 4.50. The van der Waals surface area contributed by atoms with Crippen LogP contribution in [0.5, 0.6) is 0 Å². The summed E-state index contributed by atoms with van der Waals surface area (Å²) in [4.78, 5) is 16.6. The topological polar surface area (TPSA) is 46.3 Å². The van der Waals surface area contributed by atoms with Gasteiger partial charge in [-0.1, -0.05) is 37.6 Å². The first-order chi connectivity index (χ1) is 10.9. The maximum atomic E-state index is 12.8. The molecular weight excluding hydrogens is 328 g/mol. The van der Waals surface area contributed by atoms with E-state index in [1.54, 1.807) is 0 Å². The number of nitrogens with zero attached hydrogens (tertiary/aromatic N) is 1. The first-order valence-electron chi connectivity index (χ1n) is 7.77. The van der Waals surface area contributed by atoms with Gasteiger partial charge in [0.2, 0.25) is 0 Å². The zero-order valence-electron chi connectivity index (χ0n) is 13.4. The predicted molar refractivity (Wildman–Crippen MR) is 97.0 cm³/mol. The Morgan fingerprint density at radius 3 is 2.61 bits per heavy atom. The monoisotopic (exact) mass is 348 g/mol. The Hall–Kier alpha value is -1.36. The molecule has 0 aliphatic carbocycles. The zero-order valence-corrected chi connectivity index (χ0v) is 15.0. The van der Waals surface area contributed by atoms with E-state index in [0.717, 1.165) is 28.3 Å². The van der Waals surface area contributed by atoms with Crippen molar-refractivity contribution < 1.29 is 4.79 Å². The zero-order chi connectivity index (χ0) is 16.6. The SMILES string of the molecule is CC1(C)CN(C(=O)c2ccc(-c3ccc(Cl)cc3)s2)CCC1N. The first kappa shape index (κ1) is 16.5. The van der Waals surface area contributed by atoms with Crippen molar-refractivity contribution in [1.29, 1.82) is 0 Å². The van der Waals surface area contributed by atoms with E-state index in [4.69, 9.17) is 17.3 Å². The van der Waals surface area contributed by atoms with Crippen molar-refractivity contribution in [3.8, 4) is 10.4 Å². The van der Waals surface area contributed by atoms with Crippen LogP contribution in [0.1, 0.15) is 29.9 Å². The van der Waals surface area contributed by atoms with Crippen LogP contribution in [0, 0.1) is 5.41 Å². The summed E-state index contributed by atoms with van der Waals surface area (Å²) in [6.45, 7) is 5.70. The predicted octanol–water partition coefficient (Wildman–Crippen LogP) is 4.27. The Balaban J connectivity index is 1.77. The minimum Gasteiger partial charge on any atom is -0.337 e. The lowest BCUT2D eigenvalue weighted by Gasteiger charge is -2.42. The molecule has 2 N–H and O–H groups in total. The van der Waals surface area contributed by atoms with Gasteiger partial charge in [-0.15, -0.1) is 11.3 Å². The summed E-state index contributed by atoms with van der Waals surface area (Å²) in [6.07, 6.45) is 0.855. The van der Waals surface area contributed by atoms with Crippen LogP contribution in [0.2, 0.25) is 5.02 Å². The molecule has 0 saturated carbocycles. The van der Waals surface area contributed by atoms with E-state index in [9.17, 15) is 4.79 Å². The summed E-state index contributed by atoms with van der Waals surface area (Å²) in [5.41, 5.74) is 7.21. The van der Waals surface area contributed by atoms with Gasteiger partial charge in [0.05, 0.1) is 4.88 Å². The number of hydrogen-bond acceptors (Lipinski definition) is 3. The standard InChI is InChI=1S/C18H21ClN2OS/c1-18(2)11-21(10-9-16(18)20)17(22)15-8-7-14(23-15)12-3-5-13(19)6-4-12/h3-8,16H,9-11,20H2,1-2H3. The third-order valence-electron chi connectivity index (χ3n) is 4.54. The number of hydrogen-bond donors (Lipinski definition) is 1. The van der Waals surface area contributed by atoms with E-state index in [1.807, 2.05) is 41.3 Å². The number of rotatable bonds is 2. The van der Waals surface area contributed by atoms with Crippen LogP contribution in [0.15, 0.2) is 36.4 Å². The second kappa shape index (κ2) is 6.27. The number of halogens is 1. The number of likely N-dealkylation sites (tertiary alicyclic amines) is 1. The van der Waals surface area contributed by atoms with Gasteiger partial charge in [-0.05, 0) is 41.7 Å². The lowest BCUT2D eigenvalue weighted by molar-refractivity contribution is 0.0537. The molecule has 23 heavy (non-hydrogen) atoms. The van der Waals surface area contributed by atoms with Crippen LogP contribution >= 0.6 is 22.9 Å². The molecule has 1 atom stereocenters. The Morgan fingerprint density at radius 2 is 1.96 bits per heavy atom. The van der Waals surface area contributed by atoms with Crippen LogP contribution in [0.4, 0.5) is 0 Å². The van der Waals surface area contributed by atoms with Crippen LogP contribution in [-0.2, 0) is 0 Å². The molecule has 5 heteroatoms. The maximum Gasteiger partial charge on any atom is 0.263 e.